The Labute approximate surface area is 353 Å². The van der Waals surface area contributed by atoms with Crippen LogP contribution >= 0.6 is 0 Å². The Morgan fingerprint density at radius 3 is 1.85 bits per heavy atom. The van der Waals surface area contributed by atoms with E-state index < -0.39 is 23.7 Å². The molecule has 8 fully saturated rings. The lowest BCUT2D eigenvalue weighted by Crippen LogP contribution is -2.62. The molecule has 5 aliphatic carbocycles. The van der Waals surface area contributed by atoms with Gasteiger partial charge in [0.25, 0.3) is 5.91 Å². The number of carbonyl (C=O) groups is 5. The van der Waals surface area contributed by atoms with Crippen molar-refractivity contribution in [2.45, 2.75) is 192 Å². The van der Waals surface area contributed by atoms with E-state index >= 15 is 4.79 Å². The van der Waals surface area contributed by atoms with Gasteiger partial charge in [0, 0.05) is 37.0 Å². The molecular weight excluding hydrogens is 743 g/mol. The molecule has 0 aromatic heterocycles. The van der Waals surface area contributed by atoms with Crippen LogP contribution in [0.4, 0.5) is 0 Å². The largest absolute Gasteiger partial charge is 0.343 e. The van der Waals surface area contributed by atoms with E-state index in [1.165, 1.54) is 0 Å². The van der Waals surface area contributed by atoms with Crippen LogP contribution in [0.25, 0.3) is 0 Å². The lowest BCUT2D eigenvalue weighted by Gasteiger charge is -2.40. The second-order valence-electron chi connectivity index (χ2n) is 21.1. The lowest BCUT2D eigenvalue weighted by molar-refractivity contribution is -0.145. The normalized spacial score (nSPS) is 34.2. The van der Waals surface area contributed by atoms with E-state index in [1.54, 1.807) is 6.08 Å². The van der Waals surface area contributed by atoms with Gasteiger partial charge in [-0.2, -0.15) is 0 Å². The van der Waals surface area contributed by atoms with Crippen LogP contribution in [0.5, 0.6) is 0 Å². The molecule has 8 rings (SSSR count). The number of nitrogens with one attached hydrogen (secondary N) is 4. The number of hydrazine groups is 1. The van der Waals surface area contributed by atoms with Crippen molar-refractivity contribution in [3.8, 4) is 0 Å². The minimum Gasteiger partial charge on any atom is -0.343 e. The molecule has 12 nitrogen and oxygen atoms in total. The van der Waals surface area contributed by atoms with Gasteiger partial charge in [-0.25, -0.2) is 5.01 Å². The number of fused-ring (bicyclic) bond motifs is 1. The van der Waals surface area contributed by atoms with Crippen LogP contribution in [-0.2, 0) is 24.0 Å². The molecule has 5 amide bonds. The zero-order valence-electron chi connectivity index (χ0n) is 36.8. The van der Waals surface area contributed by atoms with E-state index in [0.29, 0.717) is 19.4 Å². The molecule has 8 aliphatic rings. The topological polar surface area (TPSA) is 143 Å². The van der Waals surface area contributed by atoms with Crippen molar-refractivity contribution in [1.82, 2.24) is 36.2 Å². The van der Waals surface area contributed by atoms with Crippen LogP contribution in [0, 0.1) is 34.0 Å². The van der Waals surface area contributed by atoms with Crippen molar-refractivity contribution >= 4 is 29.5 Å². The maximum Gasteiger partial charge on any atom is 0.260 e. The third-order valence-corrected chi connectivity index (χ3v) is 17.7. The predicted octanol–water partition coefficient (Wildman–Crippen LogP) is 5.36. The van der Waals surface area contributed by atoms with E-state index in [1.807, 2.05) is 9.91 Å². The van der Waals surface area contributed by atoms with Gasteiger partial charge in [0.15, 0.2) is 0 Å². The van der Waals surface area contributed by atoms with E-state index in [9.17, 15) is 19.2 Å². The molecule has 2 unspecified atom stereocenters. The highest BCUT2D eigenvalue weighted by Gasteiger charge is 2.85. The summed E-state index contributed by atoms with van der Waals surface area (Å²) in [6.45, 7) is 15.8. The summed E-state index contributed by atoms with van der Waals surface area (Å²) in [5, 5.41) is 11.8. The molecule has 0 radical (unpaired) electrons. The van der Waals surface area contributed by atoms with Gasteiger partial charge < -0.3 is 20.9 Å². The summed E-state index contributed by atoms with van der Waals surface area (Å²) in [6.07, 6.45) is 20.6. The van der Waals surface area contributed by atoms with Gasteiger partial charge in [-0.1, -0.05) is 71.3 Å². The summed E-state index contributed by atoms with van der Waals surface area (Å²) < 4.78 is 0. The van der Waals surface area contributed by atoms with Gasteiger partial charge >= 0.3 is 0 Å². The fourth-order valence-corrected chi connectivity index (χ4v) is 13.7. The summed E-state index contributed by atoms with van der Waals surface area (Å²) in [7, 11) is 0. The molecule has 3 saturated heterocycles. The van der Waals surface area contributed by atoms with E-state index in [0.717, 1.165) is 135 Å². The molecule has 0 bridgehead atoms. The number of amides is 5. The van der Waals surface area contributed by atoms with Gasteiger partial charge in [-0.15, -0.1) is 6.58 Å². The Morgan fingerprint density at radius 2 is 1.29 bits per heavy atom. The average molecular weight is 818 g/mol. The van der Waals surface area contributed by atoms with Crippen molar-refractivity contribution in [2.24, 2.45) is 34.0 Å². The first-order chi connectivity index (χ1) is 28.3. The van der Waals surface area contributed by atoms with Crippen molar-refractivity contribution < 1.29 is 24.0 Å². The number of piperidine rings is 1. The molecule has 59 heavy (non-hydrogen) atoms. The molecule has 4 N–H and O–H groups in total. The van der Waals surface area contributed by atoms with E-state index in [2.05, 4.69) is 60.5 Å². The van der Waals surface area contributed by atoms with Crippen LogP contribution in [0.15, 0.2) is 12.7 Å². The van der Waals surface area contributed by atoms with Crippen molar-refractivity contribution in [3.63, 3.8) is 0 Å². The number of nitrogens with zero attached hydrogens (tertiary/aromatic N) is 3. The smallest absolute Gasteiger partial charge is 0.260 e. The third-order valence-electron chi connectivity index (χ3n) is 17.7. The van der Waals surface area contributed by atoms with Crippen LogP contribution in [0.2, 0.25) is 0 Å². The van der Waals surface area contributed by atoms with Crippen molar-refractivity contribution in [3.05, 3.63) is 12.7 Å². The number of hydrogen-bond donors (Lipinski definition) is 4. The first-order valence-electron chi connectivity index (χ1n) is 24.0. The number of carbonyl (C=O) groups excluding carboxylic acids is 5. The molecule has 2 spiro atoms. The maximum absolute atomic E-state index is 15.5. The summed E-state index contributed by atoms with van der Waals surface area (Å²) in [4.78, 5) is 77.5. The van der Waals surface area contributed by atoms with Crippen molar-refractivity contribution in [2.75, 3.05) is 26.2 Å². The van der Waals surface area contributed by atoms with Crippen LogP contribution in [0.3, 0.4) is 0 Å². The Bertz CT molecular complexity index is 1630. The Hall–Kier alpha value is -2.99. The molecule has 7 atom stereocenters. The second kappa shape index (κ2) is 16.7. The molecule has 0 aromatic carbocycles. The molecule has 0 aromatic rings. The minimum atomic E-state index is -1.09. The number of hydrogen-bond acceptors (Lipinski definition) is 7. The highest BCUT2D eigenvalue weighted by molar-refractivity contribution is 5.99. The fraction of sp³-hybridized carbons (Fsp3) is 0.851. The monoisotopic (exact) mass is 818 g/mol. The Balaban J connectivity index is 1.07. The molecule has 3 heterocycles. The van der Waals surface area contributed by atoms with Crippen LogP contribution in [-0.4, -0.2) is 106 Å². The second-order valence-corrected chi connectivity index (χ2v) is 21.1. The predicted molar refractivity (Wildman–Crippen MR) is 227 cm³/mol. The highest BCUT2D eigenvalue weighted by atomic mass is 16.2. The number of likely N-dealkylation sites (tertiary alicyclic amines) is 2. The van der Waals surface area contributed by atoms with Gasteiger partial charge in [0.05, 0.1) is 6.04 Å². The quantitative estimate of drug-likeness (QED) is 0.183. The Kier molecular flexibility index (Phi) is 12.1. The van der Waals surface area contributed by atoms with Gasteiger partial charge in [-0.3, -0.25) is 34.3 Å². The Morgan fingerprint density at radius 1 is 0.678 bits per heavy atom. The highest BCUT2D eigenvalue weighted by Crippen LogP contribution is 2.88. The van der Waals surface area contributed by atoms with Gasteiger partial charge in [0.2, 0.25) is 23.6 Å². The summed E-state index contributed by atoms with van der Waals surface area (Å²) in [5.74, 6) is -1.26. The van der Waals surface area contributed by atoms with E-state index in [4.69, 9.17) is 0 Å². The molecule has 3 aliphatic heterocycles. The summed E-state index contributed by atoms with van der Waals surface area (Å²) in [5.41, 5.74) is 1.84. The van der Waals surface area contributed by atoms with Gasteiger partial charge in [-0.05, 0) is 120 Å². The SMILES string of the molecule is C=C[C@@H]1C[C@]1(NC(=O)C1C[C@@]2(CN1C(=O)[C@@H](NC(=O)C(NC(=O)[C@@H]1CCCCN1C(C)C)C1CCCCC1)C1CCCCC1)C(C)(C)C21CCC1)C(=O)NN1CCCC1. The minimum absolute atomic E-state index is 0.00413. The van der Waals surface area contributed by atoms with Crippen LogP contribution in [0.1, 0.15) is 156 Å². The van der Waals surface area contributed by atoms with Gasteiger partial charge in [0.1, 0.15) is 23.7 Å². The number of rotatable bonds is 13. The molecule has 12 heteroatoms. The maximum atomic E-state index is 15.5. The summed E-state index contributed by atoms with van der Waals surface area (Å²) in [6, 6.07) is -2.32. The van der Waals surface area contributed by atoms with E-state index in [-0.39, 0.29) is 75.6 Å². The lowest BCUT2D eigenvalue weighted by atomic mass is 9.73. The fourth-order valence-electron chi connectivity index (χ4n) is 13.7. The van der Waals surface area contributed by atoms with Crippen LogP contribution < -0.4 is 21.4 Å². The standard InChI is InChI=1S/C47H75N7O5/c1-6-34-28-47(34,43(59)51-52-25-15-16-26-52)50-40(56)36-29-46(44(4,5)45(46)23-17-24-45)30-54(36)42(58)38(33-20-11-8-12-21-33)49-41(57)37(32-18-9-7-10-19-32)48-39(55)35-22-13-14-27-53(35)31(2)3/h6,31-38H,1,7-30H2,2-5H3,(H,48,55)(H,49,57)(H,50,56)(H,51,59)/t34-,35+,36?,37?,38+,46-,47-/m1/s1. The van der Waals surface area contributed by atoms with Crippen molar-refractivity contribution in [1.29, 1.82) is 0 Å². The zero-order chi connectivity index (χ0) is 41.7. The first kappa shape index (κ1) is 42.7. The third kappa shape index (κ3) is 7.45. The molecule has 328 valence electrons. The summed E-state index contributed by atoms with van der Waals surface area (Å²) >= 11 is 0. The first-order valence-corrected chi connectivity index (χ1v) is 24.0. The average Bonchev–Trinajstić information content (AvgIpc) is 3.71. The molecular formula is C47H75N7O5. The molecule has 5 saturated carbocycles. The zero-order valence-corrected chi connectivity index (χ0v) is 36.8.